The topological polar surface area (TPSA) is 144 Å². The highest BCUT2D eigenvalue weighted by Gasteiger charge is 2.30. The van der Waals surface area contributed by atoms with Crippen LogP contribution in [-0.4, -0.2) is 79.5 Å². The van der Waals surface area contributed by atoms with Gasteiger partial charge in [0.25, 0.3) is 0 Å². The molecular weight excluding hydrogens is 496 g/mol. The highest BCUT2D eigenvalue weighted by Crippen LogP contribution is 2.19. The Labute approximate surface area is 227 Å². The molecule has 0 unspecified atom stereocenters. The van der Waals surface area contributed by atoms with Crippen LogP contribution in [-0.2, 0) is 19.2 Å². The van der Waals surface area contributed by atoms with Crippen molar-refractivity contribution in [2.24, 2.45) is 23.3 Å². The summed E-state index contributed by atoms with van der Waals surface area (Å²) in [6, 6.07) is -0.979. The van der Waals surface area contributed by atoms with Crippen LogP contribution < -0.4 is 22.1 Å². The van der Waals surface area contributed by atoms with Crippen molar-refractivity contribution >= 4 is 46.8 Å². The second-order valence-electron chi connectivity index (χ2n) is 9.38. The van der Waals surface area contributed by atoms with Gasteiger partial charge in [0.05, 0.1) is 12.1 Å². The first kappa shape index (κ1) is 35.1. The lowest BCUT2D eigenvalue weighted by Gasteiger charge is -2.24. The summed E-state index contributed by atoms with van der Waals surface area (Å²) in [6.07, 6.45) is 9.74. The van der Waals surface area contributed by atoms with Gasteiger partial charge in [-0.1, -0.05) is 6.42 Å². The number of hydrogen-bond acceptors (Lipinski definition) is 9. The van der Waals surface area contributed by atoms with E-state index in [-0.39, 0.29) is 48.1 Å². The number of Topliss-reactive ketones (excluding diaryl/α,β-unsaturated/α-hetero) is 3. The molecule has 0 aromatic rings. The van der Waals surface area contributed by atoms with E-state index in [9.17, 15) is 19.2 Å². The van der Waals surface area contributed by atoms with Crippen LogP contribution in [0.2, 0.25) is 0 Å². The van der Waals surface area contributed by atoms with Gasteiger partial charge in [0.15, 0.2) is 11.6 Å². The summed E-state index contributed by atoms with van der Waals surface area (Å²) in [6.45, 7) is 2.62. The summed E-state index contributed by atoms with van der Waals surface area (Å²) in [5.41, 5.74) is 11.2. The summed E-state index contributed by atoms with van der Waals surface area (Å²) in [5.74, 6) is 0.345. The average Bonchev–Trinajstić information content (AvgIpc) is 2.85. The van der Waals surface area contributed by atoms with E-state index in [0.717, 1.165) is 30.8 Å². The van der Waals surface area contributed by atoms with E-state index in [1.807, 2.05) is 12.5 Å². The molecule has 0 saturated carbocycles. The first-order valence-corrected chi connectivity index (χ1v) is 16.0. The Morgan fingerprint density at radius 1 is 0.722 bits per heavy atom. The fourth-order valence-corrected chi connectivity index (χ4v) is 5.16. The molecule has 6 N–H and O–H groups in total. The van der Waals surface area contributed by atoms with E-state index in [0.29, 0.717) is 45.2 Å². The van der Waals surface area contributed by atoms with E-state index in [1.54, 1.807) is 30.6 Å². The monoisotopic (exact) mass is 546 g/mol. The molecule has 210 valence electrons. The largest absolute Gasteiger partial charge is 0.346 e. The number of unbranched alkanes of at least 4 members (excludes halogenated alkanes) is 2. The molecule has 0 rings (SSSR count). The van der Waals surface area contributed by atoms with Crippen molar-refractivity contribution in [3.05, 3.63) is 0 Å². The fraction of sp³-hybridized carbons (Fsp3) is 0.846. The number of nitrogens with one attached hydrogen (secondary N) is 2. The summed E-state index contributed by atoms with van der Waals surface area (Å²) in [4.78, 5) is 51.7. The van der Waals surface area contributed by atoms with E-state index in [4.69, 9.17) is 11.5 Å². The van der Waals surface area contributed by atoms with E-state index >= 15 is 0 Å². The van der Waals surface area contributed by atoms with Crippen LogP contribution in [0.15, 0.2) is 0 Å². The number of hydrogen-bond donors (Lipinski definition) is 4. The van der Waals surface area contributed by atoms with Crippen molar-refractivity contribution < 1.29 is 19.2 Å². The van der Waals surface area contributed by atoms with Gasteiger partial charge in [-0.3, -0.25) is 19.2 Å². The number of amides is 1. The van der Waals surface area contributed by atoms with Crippen molar-refractivity contribution in [3.8, 4) is 0 Å². The normalized spacial score (nSPS) is 14.6. The Morgan fingerprint density at radius 2 is 1.19 bits per heavy atom. The average molecular weight is 547 g/mol. The number of carbonyl (C=O) groups is 4. The first-order chi connectivity index (χ1) is 17.2. The van der Waals surface area contributed by atoms with Gasteiger partial charge in [0, 0.05) is 24.7 Å². The van der Waals surface area contributed by atoms with Gasteiger partial charge in [-0.05, 0) is 96.0 Å². The van der Waals surface area contributed by atoms with Crippen molar-refractivity contribution in [2.75, 3.05) is 44.2 Å². The maximum absolute atomic E-state index is 13.3. The van der Waals surface area contributed by atoms with Crippen LogP contribution in [0.25, 0.3) is 0 Å². The van der Waals surface area contributed by atoms with Gasteiger partial charge in [0.2, 0.25) is 5.91 Å². The molecule has 0 heterocycles. The van der Waals surface area contributed by atoms with E-state index < -0.39 is 12.0 Å². The van der Waals surface area contributed by atoms with Crippen molar-refractivity contribution in [3.63, 3.8) is 0 Å². The number of carbonyl (C=O) groups excluding carboxylic acids is 4. The summed E-state index contributed by atoms with van der Waals surface area (Å²) < 4.78 is 0. The number of nitrogens with two attached hydrogens (primary N) is 2. The molecule has 0 aliphatic carbocycles. The summed E-state index contributed by atoms with van der Waals surface area (Å²) >= 11 is 3.27. The highest BCUT2D eigenvalue weighted by atomic mass is 32.2. The highest BCUT2D eigenvalue weighted by molar-refractivity contribution is 7.98. The standard InChI is InChI=1S/C26H50N4O4S2/c1-19(31)20(11-15-35-3)17-25(33)23(10-6-8-14-28)30-26(34)21(12-16-36-4)18-24(32)22(29-2)9-5-7-13-27/h20-23,29H,5-18,27-28H2,1-4H3,(H,30,34)/t20-,21-,22+,23+/m1/s1. The van der Waals surface area contributed by atoms with Crippen LogP contribution in [0.5, 0.6) is 0 Å². The molecule has 10 heteroatoms. The lowest BCUT2D eigenvalue weighted by molar-refractivity contribution is -0.134. The molecule has 4 atom stereocenters. The predicted molar refractivity (Wildman–Crippen MR) is 153 cm³/mol. The number of thioether (sulfide) groups is 2. The van der Waals surface area contributed by atoms with Gasteiger partial charge in [0.1, 0.15) is 5.78 Å². The van der Waals surface area contributed by atoms with Crippen LogP contribution in [0.4, 0.5) is 0 Å². The summed E-state index contributed by atoms with van der Waals surface area (Å²) in [5, 5.41) is 6.03. The Hall–Kier alpha value is -0.940. The third-order valence-corrected chi connectivity index (χ3v) is 7.81. The van der Waals surface area contributed by atoms with Crippen LogP contribution >= 0.6 is 23.5 Å². The van der Waals surface area contributed by atoms with Crippen molar-refractivity contribution in [1.29, 1.82) is 0 Å². The van der Waals surface area contributed by atoms with Crippen molar-refractivity contribution in [2.45, 2.75) is 83.2 Å². The molecule has 0 aromatic carbocycles. The third-order valence-electron chi connectivity index (χ3n) is 6.52. The minimum atomic E-state index is -0.670. The van der Waals surface area contributed by atoms with Crippen LogP contribution in [0.3, 0.4) is 0 Å². The van der Waals surface area contributed by atoms with Crippen LogP contribution in [0.1, 0.15) is 71.1 Å². The molecule has 8 nitrogen and oxygen atoms in total. The number of rotatable bonds is 24. The SMILES string of the molecule is CN[C@@H](CCCCN)C(=O)C[C@@H](CCSC)C(=O)N[C@@H](CCCCN)C(=O)C[C@@H](CCSC)C(C)=O. The fourth-order valence-electron chi connectivity index (χ4n) is 4.12. The molecule has 0 aromatic heterocycles. The Morgan fingerprint density at radius 3 is 1.67 bits per heavy atom. The summed E-state index contributed by atoms with van der Waals surface area (Å²) in [7, 11) is 1.76. The van der Waals surface area contributed by atoms with Gasteiger partial charge >= 0.3 is 0 Å². The zero-order valence-electron chi connectivity index (χ0n) is 22.8. The lowest BCUT2D eigenvalue weighted by atomic mass is 9.90. The first-order valence-electron chi connectivity index (χ1n) is 13.2. The quantitative estimate of drug-likeness (QED) is 0.134. The molecular formula is C26H50N4O4S2. The molecule has 0 bridgehead atoms. The number of ketones is 3. The Kier molecular flexibility index (Phi) is 21.5. The third kappa shape index (κ3) is 15.3. The molecule has 0 spiro atoms. The molecule has 36 heavy (non-hydrogen) atoms. The van der Waals surface area contributed by atoms with Gasteiger partial charge in [-0.2, -0.15) is 23.5 Å². The van der Waals surface area contributed by atoms with Gasteiger partial charge in [-0.15, -0.1) is 0 Å². The Balaban J connectivity index is 5.46. The molecule has 1 amide bonds. The van der Waals surface area contributed by atoms with E-state index in [2.05, 4.69) is 10.6 Å². The zero-order chi connectivity index (χ0) is 27.3. The minimum Gasteiger partial charge on any atom is -0.346 e. The second-order valence-corrected chi connectivity index (χ2v) is 11.4. The van der Waals surface area contributed by atoms with Crippen LogP contribution in [0, 0.1) is 11.8 Å². The van der Waals surface area contributed by atoms with Gasteiger partial charge in [-0.25, -0.2) is 0 Å². The molecule has 0 saturated heterocycles. The molecule has 0 radical (unpaired) electrons. The molecule has 0 aliphatic rings. The predicted octanol–water partition coefficient (Wildman–Crippen LogP) is 2.56. The zero-order valence-corrected chi connectivity index (χ0v) is 24.4. The number of likely N-dealkylation sites (N-methyl/N-ethyl adjacent to an activating group) is 1. The Bertz CT molecular complexity index is 651. The maximum atomic E-state index is 13.3. The second kappa shape index (κ2) is 22.1. The van der Waals surface area contributed by atoms with Crippen molar-refractivity contribution in [1.82, 2.24) is 10.6 Å². The van der Waals surface area contributed by atoms with Gasteiger partial charge < -0.3 is 22.1 Å². The molecule has 0 fully saturated rings. The minimum absolute atomic E-state index is 0.000575. The molecule has 0 aliphatic heterocycles. The maximum Gasteiger partial charge on any atom is 0.224 e. The van der Waals surface area contributed by atoms with E-state index in [1.165, 1.54) is 6.92 Å². The smallest absolute Gasteiger partial charge is 0.224 e. The lowest BCUT2D eigenvalue weighted by Crippen LogP contribution is -2.46.